The molecule has 7 nitrogen and oxygen atoms in total. The molecule has 1 aromatic heterocycles. The number of nitrogens with one attached hydrogen (secondary N) is 1. The van der Waals surface area contributed by atoms with Gasteiger partial charge in [-0.3, -0.25) is 4.79 Å². The Morgan fingerprint density at radius 3 is 2.85 bits per heavy atom. The molecular formula is C20H26N4O3. The Kier molecular flexibility index (Phi) is 6.59. The van der Waals surface area contributed by atoms with Crippen LogP contribution < -0.4 is 10.1 Å². The molecule has 1 amide bonds. The van der Waals surface area contributed by atoms with E-state index in [1.54, 1.807) is 13.3 Å². The molecule has 0 saturated carbocycles. The minimum atomic E-state index is 0.0483. The molecule has 2 heterocycles. The molecule has 27 heavy (non-hydrogen) atoms. The van der Waals surface area contributed by atoms with E-state index in [9.17, 15) is 4.79 Å². The Labute approximate surface area is 159 Å². The summed E-state index contributed by atoms with van der Waals surface area (Å²) in [6, 6.07) is 9.54. The van der Waals surface area contributed by atoms with Gasteiger partial charge in [0.15, 0.2) is 0 Å². The second-order valence-corrected chi connectivity index (χ2v) is 6.47. The fourth-order valence-electron chi connectivity index (χ4n) is 3.19. The first kappa shape index (κ1) is 19.1. The molecule has 0 spiro atoms. The minimum absolute atomic E-state index is 0.0483. The molecule has 1 aliphatic heterocycles. The van der Waals surface area contributed by atoms with Crippen LogP contribution >= 0.6 is 0 Å². The molecule has 1 saturated heterocycles. The van der Waals surface area contributed by atoms with Gasteiger partial charge < -0.3 is 19.7 Å². The zero-order chi connectivity index (χ0) is 19.1. The Morgan fingerprint density at radius 2 is 2.11 bits per heavy atom. The van der Waals surface area contributed by atoms with Gasteiger partial charge in [0.1, 0.15) is 12.4 Å². The fraction of sp³-hybridized carbons (Fsp3) is 0.450. The van der Waals surface area contributed by atoms with Crippen LogP contribution in [0.25, 0.3) is 0 Å². The summed E-state index contributed by atoms with van der Waals surface area (Å²) in [5.74, 6) is 1.61. The number of aromatic nitrogens is 2. The molecule has 0 aliphatic carbocycles. The van der Waals surface area contributed by atoms with Gasteiger partial charge in [-0.2, -0.15) is 0 Å². The molecule has 0 bridgehead atoms. The third-order valence-corrected chi connectivity index (χ3v) is 4.65. The Bertz CT molecular complexity index is 751. The van der Waals surface area contributed by atoms with Crippen molar-refractivity contribution in [3.8, 4) is 5.75 Å². The maximum Gasteiger partial charge on any atom is 0.248 e. The van der Waals surface area contributed by atoms with Gasteiger partial charge in [0.05, 0.1) is 12.8 Å². The molecule has 144 valence electrons. The Morgan fingerprint density at radius 1 is 1.30 bits per heavy atom. The van der Waals surface area contributed by atoms with Crippen LogP contribution in [0.4, 0.5) is 11.6 Å². The van der Waals surface area contributed by atoms with Crippen LogP contribution in [-0.2, 0) is 9.53 Å². The lowest BCUT2D eigenvalue weighted by molar-refractivity contribution is -0.137. The predicted octanol–water partition coefficient (Wildman–Crippen LogP) is 2.97. The molecule has 7 heteroatoms. The summed E-state index contributed by atoms with van der Waals surface area (Å²) >= 11 is 0. The minimum Gasteiger partial charge on any atom is -0.497 e. The summed E-state index contributed by atoms with van der Waals surface area (Å²) in [5.41, 5.74) is 1.85. The lowest BCUT2D eigenvalue weighted by Crippen LogP contribution is -2.41. The van der Waals surface area contributed by atoms with Crippen LogP contribution in [-0.4, -0.2) is 54.2 Å². The van der Waals surface area contributed by atoms with Crippen molar-refractivity contribution < 1.29 is 14.3 Å². The molecule has 0 radical (unpaired) electrons. The molecule has 2 aromatic rings. The van der Waals surface area contributed by atoms with E-state index in [4.69, 9.17) is 9.47 Å². The van der Waals surface area contributed by atoms with Gasteiger partial charge in [0, 0.05) is 37.5 Å². The number of nitrogens with zero attached hydrogens (tertiary/aromatic N) is 3. The Hall–Kier alpha value is -2.67. The normalized spacial score (nSPS) is 16.8. The van der Waals surface area contributed by atoms with Crippen molar-refractivity contribution in [1.82, 2.24) is 14.9 Å². The lowest BCUT2D eigenvalue weighted by atomic mass is 9.94. The van der Waals surface area contributed by atoms with E-state index in [2.05, 4.69) is 15.3 Å². The SMILES string of the molecule is CCOCC(=O)N1CCC[C@H](c2ccnc(Nc3ccc(OC)cc3)n2)C1. The van der Waals surface area contributed by atoms with Crippen molar-refractivity contribution in [2.45, 2.75) is 25.7 Å². The number of anilines is 2. The number of benzene rings is 1. The van der Waals surface area contributed by atoms with Crippen LogP contribution in [0.3, 0.4) is 0 Å². The van der Waals surface area contributed by atoms with Crippen molar-refractivity contribution in [1.29, 1.82) is 0 Å². The van der Waals surface area contributed by atoms with E-state index in [1.807, 2.05) is 42.2 Å². The summed E-state index contributed by atoms with van der Waals surface area (Å²) in [6.45, 7) is 4.05. The van der Waals surface area contributed by atoms with Gasteiger partial charge in [0.2, 0.25) is 11.9 Å². The third-order valence-electron chi connectivity index (χ3n) is 4.65. The highest BCUT2D eigenvalue weighted by atomic mass is 16.5. The molecule has 1 N–H and O–H groups in total. The van der Waals surface area contributed by atoms with Crippen LogP contribution in [0.2, 0.25) is 0 Å². The topological polar surface area (TPSA) is 76.6 Å². The number of methoxy groups -OCH3 is 1. The number of likely N-dealkylation sites (tertiary alicyclic amines) is 1. The van der Waals surface area contributed by atoms with Crippen LogP contribution in [0.15, 0.2) is 36.5 Å². The summed E-state index contributed by atoms with van der Waals surface area (Å²) in [7, 11) is 1.64. The van der Waals surface area contributed by atoms with Gasteiger partial charge in [0.25, 0.3) is 0 Å². The van der Waals surface area contributed by atoms with E-state index < -0.39 is 0 Å². The standard InChI is InChI=1S/C20H26N4O3/c1-3-27-14-19(25)24-12-4-5-15(13-24)18-10-11-21-20(23-18)22-16-6-8-17(26-2)9-7-16/h6-11,15H,3-5,12-14H2,1-2H3,(H,21,22,23)/t15-/m0/s1. The predicted molar refractivity (Wildman–Crippen MR) is 103 cm³/mol. The number of piperidine rings is 1. The first-order chi connectivity index (χ1) is 13.2. The van der Waals surface area contributed by atoms with Crippen molar-refractivity contribution in [2.24, 2.45) is 0 Å². The van der Waals surface area contributed by atoms with Gasteiger partial charge >= 0.3 is 0 Å². The molecule has 1 aromatic carbocycles. The van der Waals surface area contributed by atoms with E-state index in [-0.39, 0.29) is 18.4 Å². The maximum atomic E-state index is 12.2. The van der Waals surface area contributed by atoms with Gasteiger partial charge in [-0.25, -0.2) is 9.97 Å². The molecule has 1 aliphatic rings. The third kappa shape index (κ3) is 5.17. The number of carbonyl (C=O) groups is 1. The summed E-state index contributed by atoms with van der Waals surface area (Å²) < 4.78 is 10.4. The maximum absolute atomic E-state index is 12.2. The second kappa shape index (κ2) is 9.32. The molecule has 0 unspecified atom stereocenters. The smallest absolute Gasteiger partial charge is 0.248 e. The first-order valence-corrected chi connectivity index (χ1v) is 9.29. The Balaban J connectivity index is 1.66. The van der Waals surface area contributed by atoms with Crippen molar-refractivity contribution in [3.63, 3.8) is 0 Å². The number of rotatable bonds is 7. The highest BCUT2D eigenvalue weighted by Gasteiger charge is 2.25. The van der Waals surface area contributed by atoms with Gasteiger partial charge in [-0.1, -0.05) is 0 Å². The van der Waals surface area contributed by atoms with E-state index >= 15 is 0 Å². The fourth-order valence-corrected chi connectivity index (χ4v) is 3.19. The van der Waals surface area contributed by atoms with Crippen LogP contribution in [0, 0.1) is 0 Å². The number of ether oxygens (including phenoxy) is 2. The number of amides is 1. The average molecular weight is 370 g/mol. The summed E-state index contributed by atoms with van der Waals surface area (Å²) in [6.07, 6.45) is 3.74. The van der Waals surface area contributed by atoms with Gasteiger partial charge in [-0.15, -0.1) is 0 Å². The highest BCUT2D eigenvalue weighted by Crippen LogP contribution is 2.26. The zero-order valence-electron chi connectivity index (χ0n) is 15.9. The average Bonchev–Trinajstić information content (AvgIpc) is 2.73. The first-order valence-electron chi connectivity index (χ1n) is 9.29. The van der Waals surface area contributed by atoms with Crippen LogP contribution in [0.1, 0.15) is 31.4 Å². The van der Waals surface area contributed by atoms with Crippen molar-refractivity contribution >= 4 is 17.5 Å². The van der Waals surface area contributed by atoms with E-state index in [1.165, 1.54) is 0 Å². The van der Waals surface area contributed by atoms with Crippen molar-refractivity contribution in [3.05, 3.63) is 42.2 Å². The lowest BCUT2D eigenvalue weighted by Gasteiger charge is -2.32. The van der Waals surface area contributed by atoms with E-state index in [0.717, 1.165) is 36.5 Å². The molecule has 1 fully saturated rings. The molecule has 1 atom stereocenters. The quantitative estimate of drug-likeness (QED) is 0.807. The number of hydrogen-bond acceptors (Lipinski definition) is 6. The van der Waals surface area contributed by atoms with Crippen LogP contribution in [0.5, 0.6) is 5.75 Å². The largest absolute Gasteiger partial charge is 0.497 e. The monoisotopic (exact) mass is 370 g/mol. The summed E-state index contributed by atoms with van der Waals surface area (Å²) in [4.78, 5) is 23.1. The highest BCUT2D eigenvalue weighted by molar-refractivity contribution is 5.77. The summed E-state index contributed by atoms with van der Waals surface area (Å²) in [5, 5.41) is 3.22. The molecular weight excluding hydrogens is 344 g/mol. The van der Waals surface area contributed by atoms with E-state index in [0.29, 0.717) is 19.1 Å². The van der Waals surface area contributed by atoms with Crippen molar-refractivity contribution in [2.75, 3.05) is 38.7 Å². The number of hydrogen-bond donors (Lipinski definition) is 1. The zero-order valence-corrected chi connectivity index (χ0v) is 15.9. The number of carbonyl (C=O) groups excluding carboxylic acids is 1. The second-order valence-electron chi connectivity index (χ2n) is 6.47. The van der Waals surface area contributed by atoms with Gasteiger partial charge in [-0.05, 0) is 50.1 Å². The molecule has 3 rings (SSSR count).